The van der Waals surface area contributed by atoms with E-state index in [9.17, 15) is 13.6 Å². The normalized spacial score (nSPS) is 16.9. The second kappa shape index (κ2) is 5.09. The fraction of sp³-hybridized carbons (Fsp3) is 0.0909. The second-order valence-corrected chi connectivity index (χ2v) is 3.79. The lowest BCUT2D eigenvalue weighted by atomic mass is 10.1. The minimum absolute atomic E-state index is 0.00702. The molecule has 0 bridgehead atoms. The number of halogens is 2. The van der Waals surface area contributed by atoms with Crippen LogP contribution in [0.5, 0.6) is 5.75 Å². The monoisotopic (exact) mass is 270 g/mol. The summed E-state index contributed by atoms with van der Waals surface area (Å²) in [4.78, 5) is 11.4. The minimum Gasteiger partial charge on any atom is -0.434 e. The number of alkyl halides is 2. The third-order valence-corrected chi connectivity index (χ3v) is 2.36. The molecule has 94 valence electrons. The molecule has 1 aliphatic rings. The average Bonchev–Trinajstić information content (AvgIpc) is 2.59. The number of carbonyl (C=O) groups excluding carboxylic acids is 1. The maximum absolute atomic E-state index is 12.2. The molecule has 0 saturated carbocycles. The molecule has 18 heavy (non-hydrogen) atoms. The number of rotatable bonds is 3. The van der Waals surface area contributed by atoms with Gasteiger partial charge >= 0.3 is 6.61 Å². The van der Waals surface area contributed by atoms with E-state index in [4.69, 9.17) is 12.2 Å². The van der Waals surface area contributed by atoms with E-state index < -0.39 is 12.5 Å². The van der Waals surface area contributed by atoms with Gasteiger partial charge in [-0.25, -0.2) is 0 Å². The molecule has 0 atom stereocenters. The Balaban J connectivity index is 2.31. The highest BCUT2D eigenvalue weighted by Gasteiger charge is 2.20. The zero-order valence-electron chi connectivity index (χ0n) is 8.94. The Morgan fingerprint density at radius 1 is 1.28 bits per heavy atom. The highest BCUT2D eigenvalue weighted by Crippen LogP contribution is 2.22. The Morgan fingerprint density at radius 3 is 2.61 bits per heavy atom. The van der Waals surface area contributed by atoms with Crippen LogP contribution >= 0.6 is 12.2 Å². The van der Waals surface area contributed by atoms with Gasteiger partial charge in [-0.2, -0.15) is 8.78 Å². The topological polar surface area (TPSA) is 50.4 Å². The number of nitrogens with one attached hydrogen (secondary N) is 2. The molecular weight excluding hydrogens is 262 g/mol. The molecule has 1 fully saturated rings. The quantitative estimate of drug-likeness (QED) is 0.647. The predicted octanol–water partition coefficient (Wildman–Crippen LogP) is 1.63. The van der Waals surface area contributed by atoms with Crippen molar-refractivity contribution >= 4 is 29.3 Å². The fourth-order valence-corrected chi connectivity index (χ4v) is 1.64. The first-order valence-electron chi connectivity index (χ1n) is 4.94. The number of amides is 1. The van der Waals surface area contributed by atoms with Crippen molar-refractivity contribution in [3.63, 3.8) is 0 Å². The van der Waals surface area contributed by atoms with Gasteiger partial charge in [-0.05, 0) is 24.4 Å². The standard InChI is InChI=1S/C11H8F2N2O2S/c12-10(13)17-8-4-2-1-3-6(8)5-7-9(16)15-11(18)14-7/h1-5,10H,(H2,14,15,16,18). The van der Waals surface area contributed by atoms with Crippen molar-refractivity contribution in [2.45, 2.75) is 6.61 Å². The predicted molar refractivity (Wildman–Crippen MR) is 64.9 cm³/mol. The number of benzene rings is 1. The van der Waals surface area contributed by atoms with Crippen LogP contribution < -0.4 is 15.4 Å². The molecule has 1 saturated heterocycles. The van der Waals surface area contributed by atoms with Gasteiger partial charge in [-0.3, -0.25) is 10.1 Å². The minimum atomic E-state index is -2.92. The van der Waals surface area contributed by atoms with Gasteiger partial charge in [-0.1, -0.05) is 18.2 Å². The molecule has 2 rings (SSSR count). The summed E-state index contributed by atoms with van der Waals surface area (Å²) < 4.78 is 28.7. The number of para-hydroxylation sites is 1. The van der Waals surface area contributed by atoms with Crippen molar-refractivity contribution in [2.75, 3.05) is 0 Å². The van der Waals surface area contributed by atoms with E-state index in [1.54, 1.807) is 18.2 Å². The van der Waals surface area contributed by atoms with E-state index in [1.165, 1.54) is 12.1 Å². The van der Waals surface area contributed by atoms with Gasteiger partial charge in [0, 0.05) is 5.56 Å². The second-order valence-electron chi connectivity index (χ2n) is 3.38. The maximum atomic E-state index is 12.2. The van der Waals surface area contributed by atoms with Crippen LogP contribution in [-0.4, -0.2) is 17.6 Å². The van der Waals surface area contributed by atoms with Crippen molar-refractivity contribution in [1.82, 2.24) is 10.6 Å². The van der Waals surface area contributed by atoms with E-state index in [0.717, 1.165) is 0 Å². The molecule has 0 aromatic heterocycles. The number of hydrogen-bond donors (Lipinski definition) is 2. The summed E-state index contributed by atoms with van der Waals surface area (Å²) in [6.07, 6.45) is 1.40. The van der Waals surface area contributed by atoms with Gasteiger partial charge in [0.1, 0.15) is 11.4 Å². The molecule has 0 unspecified atom stereocenters. The van der Waals surface area contributed by atoms with E-state index in [2.05, 4.69) is 15.4 Å². The lowest BCUT2D eigenvalue weighted by Crippen LogP contribution is -2.21. The maximum Gasteiger partial charge on any atom is 0.387 e. The van der Waals surface area contributed by atoms with Crippen molar-refractivity contribution in [3.05, 3.63) is 35.5 Å². The van der Waals surface area contributed by atoms with Crippen LogP contribution in [0.2, 0.25) is 0 Å². The van der Waals surface area contributed by atoms with Crippen LogP contribution in [0.25, 0.3) is 6.08 Å². The smallest absolute Gasteiger partial charge is 0.387 e. The fourth-order valence-electron chi connectivity index (χ4n) is 1.44. The lowest BCUT2D eigenvalue weighted by Gasteiger charge is -2.07. The Bertz CT molecular complexity index is 532. The number of carbonyl (C=O) groups is 1. The molecule has 0 radical (unpaired) electrons. The number of hydrogen-bond acceptors (Lipinski definition) is 3. The Morgan fingerprint density at radius 2 is 2.00 bits per heavy atom. The zero-order valence-corrected chi connectivity index (χ0v) is 9.76. The molecule has 7 heteroatoms. The van der Waals surface area contributed by atoms with Crippen molar-refractivity contribution in [2.24, 2.45) is 0 Å². The van der Waals surface area contributed by atoms with E-state index in [-0.39, 0.29) is 16.6 Å². The highest BCUT2D eigenvalue weighted by molar-refractivity contribution is 7.80. The van der Waals surface area contributed by atoms with E-state index in [1.807, 2.05) is 0 Å². The molecular formula is C11H8F2N2O2S. The van der Waals surface area contributed by atoms with Gasteiger partial charge < -0.3 is 10.1 Å². The number of thiocarbonyl (C=S) groups is 1. The van der Waals surface area contributed by atoms with Crippen LogP contribution in [0.15, 0.2) is 30.0 Å². The third kappa shape index (κ3) is 2.80. The van der Waals surface area contributed by atoms with Crippen LogP contribution in [0.1, 0.15) is 5.56 Å². The van der Waals surface area contributed by atoms with Crippen LogP contribution in [0.4, 0.5) is 8.78 Å². The molecule has 4 nitrogen and oxygen atoms in total. The third-order valence-electron chi connectivity index (χ3n) is 2.15. The molecule has 0 spiro atoms. The first kappa shape index (κ1) is 12.4. The summed E-state index contributed by atoms with van der Waals surface area (Å²) in [6, 6.07) is 6.16. The van der Waals surface area contributed by atoms with Crippen molar-refractivity contribution < 1.29 is 18.3 Å². The lowest BCUT2D eigenvalue weighted by molar-refractivity contribution is -0.115. The SMILES string of the molecule is O=C1NC(=S)NC1=Cc1ccccc1OC(F)F. The van der Waals surface area contributed by atoms with Crippen molar-refractivity contribution in [3.8, 4) is 5.75 Å². The zero-order chi connectivity index (χ0) is 13.1. The molecule has 1 aliphatic heterocycles. The highest BCUT2D eigenvalue weighted by atomic mass is 32.1. The van der Waals surface area contributed by atoms with Gasteiger partial charge in [0.2, 0.25) is 0 Å². The van der Waals surface area contributed by atoms with Gasteiger partial charge in [0.25, 0.3) is 5.91 Å². The molecule has 0 aliphatic carbocycles. The molecule has 1 amide bonds. The molecule has 1 aromatic rings. The summed E-state index contributed by atoms with van der Waals surface area (Å²) in [6.45, 7) is -2.92. The summed E-state index contributed by atoms with van der Waals surface area (Å²) in [5.74, 6) is -0.417. The number of ether oxygens (including phenoxy) is 1. The molecule has 1 heterocycles. The first-order valence-corrected chi connectivity index (χ1v) is 5.35. The van der Waals surface area contributed by atoms with Gasteiger partial charge in [-0.15, -0.1) is 0 Å². The van der Waals surface area contributed by atoms with Crippen LogP contribution in [0, 0.1) is 0 Å². The summed E-state index contributed by atoms with van der Waals surface area (Å²) in [5.41, 5.74) is 0.547. The van der Waals surface area contributed by atoms with E-state index in [0.29, 0.717) is 5.56 Å². The van der Waals surface area contributed by atoms with Gasteiger partial charge in [0.15, 0.2) is 5.11 Å². The first-order chi connectivity index (χ1) is 8.56. The van der Waals surface area contributed by atoms with Gasteiger partial charge in [0.05, 0.1) is 0 Å². The van der Waals surface area contributed by atoms with E-state index >= 15 is 0 Å². The Labute approximate surface area is 107 Å². The molecule has 1 aromatic carbocycles. The Kier molecular flexibility index (Phi) is 3.52. The summed E-state index contributed by atoms with van der Waals surface area (Å²) in [7, 11) is 0. The largest absolute Gasteiger partial charge is 0.434 e. The summed E-state index contributed by atoms with van der Waals surface area (Å²) in [5, 5.41) is 5.17. The Hall–Kier alpha value is -2.02. The average molecular weight is 270 g/mol. The summed E-state index contributed by atoms with van der Waals surface area (Å²) >= 11 is 4.76. The van der Waals surface area contributed by atoms with Crippen LogP contribution in [-0.2, 0) is 4.79 Å². The van der Waals surface area contributed by atoms with Crippen molar-refractivity contribution in [1.29, 1.82) is 0 Å². The van der Waals surface area contributed by atoms with Crippen LogP contribution in [0.3, 0.4) is 0 Å². The molecule has 2 N–H and O–H groups in total.